The Bertz CT molecular complexity index is 548. The number of halogens is 4. The van der Waals surface area contributed by atoms with Gasteiger partial charge in [0, 0.05) is 19.5 Å². The lowest BCUT2D eigenvalue weighted by atomic mass is 9.94. The van der Waals surface area contributed by atoms with Crippen LogP contribution in [0.4, 0.5) is 13.2 Å². The van der Waals surface area contributed by atoms with Gasteiger partial charge in [0.15, 0.2) is 0 Å². The molecule has 7 heteroatoms. The molecule has 22 heavy (non-hydrogen) atoms. The van der Waals surface area contributed by atoms with Crippen molar-refractivity contribution in [1.29, 1.82) is 0 Å². The molecule has 0 saturated carbocycles. The van der Waals surface area contributed by atoms with Gasteiger partial charge in [-0.1, -0.05) is 17.7 Å². The van der Waals surface area contributed by atoms with Crippen LogP contribution in [0, 0.1) is 5.92 Å². The van der Waals surface area contributed by atoms with E-state index in [0.29, 0.717) is 25.1 Å². The third-order valence-electron chi connectivity index (χ3n) is 3.84. The Kier molecular flexibility index (Phi) is 5.34. The first-order chi connectivity index (χ1) is 10.3. The highest BCUT2D eigenvalue weighted by Crippen LogP contribution is 2.35. The van der Waals surface area contributed by atoms with Crippen LogP contribution >= 0.6 is 11.6 Å². The molecule has 0 aromatic heterocycles. The summed E-state index contributed by atoms with van der Waals surface area (Å²) in [5, 5.41) is -0.290. The molecule has 122 valence electrons. The number of piperidine rings is 1. The van der Waals surface area contributed by atoms with E-state index in [9.17, 15) is 18.0 Å². The van der Waals surface area contributed by atoms with E-state index in [2.05, 4.69) is 4.90 Å². The molecule has 1 aromatic rings. The first kappa shape index (κ1) is 17.1. The molecule has 0 aliphatic carbocycles. The Morgan fingerprint density at radius 1 is 1.41 bits per heavy atom. The highest BCUT2D eigenvalue weighted by molar-refractivity contribution is 6.31. The number of rotatable bonds is 4. The van der Waals surface area contributed by atoms with Crippen LogP contribution in [0.1, 0.15) is 30.4 Å². The molecular weight excluding hydrogens is 317 g/mol. The molecule has 1 aliphatic rings. The fourth-order valence-corrected chi connectivity index (χ4v) is 3.12. The van der Waals surface area contributed by atoms with E-state index in [1.54, 1.807) is 6.07 Å². The van der Waals surface area contributed by atoms with Gasteiger partial charge in [-0.3, -0.25) is 9.69 Å². The molecule has 0 spiro atoms. The van der Waals surface area contributed by atoms with Crippen molar-refractivity contribution in [1.82, 2.24) is 4.90 Å². The van der Waals surface area contributed by atoms with Gasteiger partial charge in [-0.15, -0.1) is 0 Å². The Hall–Kier alpha value is -1.27. The van der Waals surface area contributed by atoms with Crippen molar-refractivity contribution < 1.29 is 18.0 Å². The lowest BCUT2D eigenvalue weighted by Gasteiger charge is -2.32. The third-order valence-corrected chi connectivity index (χ3v) is 4.16. The highest BCUT2D eigenvalue weighted by Gasteiger charge is 2.33. The molecule has 0 radical (unpaired) electrons. The zero-order valence-electron chi connectivity index (χ0n) is 12.0. The summed E-state index contributed by atoms with van der Waals surface area (Å²) in [7, 11) is 0. The number of nitrogens with two attached hydrogens (primary N) is 1. The standard InChI is InChI=1S/C15H18ClF3N2O/c16-13-4-3-11(6-12(13)15(17,18)19)9-21-5-1-2-10(8-21)7-14(20)22/h3-4,6,10H,1-2,5,7-9H2,(H2,20,22)/t10-/m0/s1. The van der Waals surface area contributed by atoms with Crippen molar-refractivity contribution in [2.24, 2.45) is 11.7 Å². The van der Waals surface area contributed by atoms with E-state index in [4.69, 9.17) is 17.3 Å². The molecule has 3 nitrogen and oxygen atoms in total. The van der Waals surface area contributed by atoms with Gasteiger partial charge in [0.05, 0.1) is 10.6 Å². The van der Waals surface area contributed by atoms with Gasteiger partial charge >= 0.3 is 6.18 Å². The Morgan fingerprint density at radius 2 is 2.14 bits per heavy atom. The SMILES string of the molecule is NC(=O)C[C@@H]1CCCN(Cc2ccc(Cl)c(C(F)(F)F)c2)C1. The molecule has 1 amide bonds. The molecule has 1 atom stereocenters. The quantitative estimate of drug-likeness (QED) is 0.916. The monoisotopic (exact) mass is 334 g/mol. The molecule has 1 aromatic carbocycles. The zero-order chi connectivity index (χ0) is 16.3. The number of likely N-dealkylation sites (tertiary alicyclic amines) is 1. The average molecular weight is 335 g/mol. The number of hydrogen-bond donors (Lipinski definition) is 1. The van der Waals surface area contributed by atoms with Crippen LogP contribution in [0.15, 0.2) is 18.2 Å². The first-order valence-electron chi connectivity index (χ1n) is 7.12. The van der Waals surface area contributed by atoms with Gasteiger partial charge in [-0.05, 0) is 43.0 Å². The van der Waals surface area contributed by atoms with Crippen molar-refractivity contribution in [2.45, 2.75) is 32.0 Å². The van der Waals surface area contributed by atoms with Crippen molar-refractivity contribution in [3.63, 3.8) is 0 Å². The van der Waals surface area contributed by atoms with Crippen LogP contribution in [-0.2, 0) is 17.5 Å². The number of carbonyl (C=O) groups excluding carboxylic acids is 1. The molecular formula is C15H18ClF3N2O. The van der Waals surface area contributed by atoms with Crippen LogP contribution in [-0.4, -0.2) is 23.9 Å². The Labute approximate surface area is 132 Å². The summed E-state index contributed by atoms with van der Waals surface area (Å²) in [5.74, 6) is -0.154. The summed E-state index contributed by atoms with van der Waals surface area (Å²) < 4.78 is 38.6. The van der Waals surface area contributed by atoms with Gasteiger partial charge in [0.25, 0.3) is 0 Å². The summed E-state index contributed by atoms with van der Waals surface area (Å²) in [6.45, 7) is 1.89. The van der Waals surface area contributed by atoms with E-state index < -0.39 is 11.7 Å². The summed E-state index contributed by atoms with van der Waals surface area (Å²) >= 11 is 5.62. The van der Waals surface area contributed by atoms with E-state index in [1.165, 1.54) is 6.07 Å². The predicted octanol–water partition coefficient (Wildman–Crippen LogP) is 3.45. The Balaban J connectivity index is 2.06. The molecule has 0 unspecified atom stereocenters. The molecule has 1 aliphatic heterocycles. The van der Waals surface area contributed by atoms with E-state index in [-0.39, 0.29) is 16.8 Å². The van der Waals surface area contributed by atoms with E-state index >= 15 is 0 Å². The number of nitrogens with zero attached hydrogens (tertiary/aromatic N) is 1. The topological polar surface area (TPSA) is 46.3 Å². The highest BCUT2D eigenvalue weighted by atomic mass is 35.5. The maximum absolute atomic E-state index is 12.9. The predicted molar refractivity (Wildman–Crippen MR) is 78.3 cm³/mol. The number of hydrogen-bond acceptors (Lipinski definition) is 2. The molecule has 2 N–H and O–H groups in total. The second-order valence-electron chi connectivity index (χ2n) is 5.73. The zero-order valence-corrected chi connectivity index (χ0v) is 12.8. The summed E-state index contributed by atoms with van der Waals surface area (Å²) in [4.78, 5) is 13.0. The van der Waals surface area contributed by atoms with Gasteiger partial charge < -0.3 is 5.73 Å². The summed E-state index contributed by atoms with van der Waals surface area (Å²) in [5.41, 5.74) is 4.97. The van der Waals surface area contributed by atoms with E-state index in [1.807, 2.05) is 0 Å². The smallest absolute Gasteiger partial charge is 0.370 e. The molecule has 0 bridgehead atoms. The number of carbonyl (C=O) groups is 1. The minimum Gasteiger partial charge on any atom is -0.370 e. The molecule has 2 rings (SSSR count). The van der Waals surface area contributed by atoms with Crippen molar-refractivity contribution >= 4 is 17.5 Å². The minimum atomic E-state index is -4.45. The lowest BCUT2D eigenvalue weighted by molar-refractivity contribution is -0.137. The summed E-state index contributed by atoms with van der Waals surface area (Å²) in [6.07, 6.45) is -2.29. The summed E-state index contributed by atoms with van der Waals surface area (Å²) in [6, 6.07) is 3.99. The molecule has 1 fully saturated rings. The van der Waals surface area contributed by atoms with Gasteiger partial charge in [-0.2, -0.15) is 13.2 Å². The van der Waals surface area contributed by atoms with Crippen LogP contribution < -0.4 is 5.73 Å². The van der Waals surface area contributed by atoms with Gasteiger partial charge in [0.2, 0.25) is 5.91 Å². The van der Waals surface area contributed by atoms with Crippen molar-refractivity contribution in [3.05, 3.63) is 34.3 Å². The normalized spacial score (nSPS) is 20.1. The number of amides is 1. The van der Waals surface area contributed by atoms with Crippen molar-refractivity contribution in [3.8, 4) is 0 Å². The van der Waals surface area contributed by atoms with Crippen LogP contribution in [0.3, 0.4) is 0 Å². The minimum absolute atomic E-state index is 0.181. The molecule has 1 saturated heterocycles. The Morgan fingerprint density at radius 3 is 2.77 bits per heavy atom. The third kappa shape index (κ3) is 4.61. The average Bonchev–Trinajstić information content (AvgIpc) is 2.39. The maximum atomic E-state index is 12.9. The van der Waals surface area contributed by atoms with Crippen molar-refractivity contribution in [2.75, 3.05) is 13.1 Å². The maximum Gasteiger partial charge on any atom is 0.417 e. The second-order valence-corrected chi connectivity index (χ2v) is 6.13. The van der Waals surface area contributed by atoms with E-state index in [0.717, 1.165) is 25.5 Å². The van der Waals surface area contributed by atoms with Crippen LogP contribution in [0.5, 0.6) is 0 Å². The van der Waals surface area contributed by atoms with Gasteiger partial charge in [0.1, 0.15) is 0 Å². The largest absolute Gasteiger partial charge is 0.417 e. The van der Waals surface area contributed by atoms with Crippen LogP contribution in [0.25, 0.3) is 0 Å². The number of alkyl halides is 3. The second kappa shape index (κ2) is 6.87. The first-order valence-corrected chi connectivity index (χ1v) is 7.50. The fourth-order valence-electron chi connectivity index (χ4n) is 2.89. The lowest BCUT2D eigenvalue weighted by Crippen LogP contribution is -2.36. The number of benzene rings is 1. The fraction of sp³-hybridized carbons (Fsp3) is 0.533. The number of primary amides is 1. The van der Waals surface area contributed by atoms with Crippen LogP contribution in [0.2, 0.25) is 5.02 Å². The molecule has 1 heterocycles. The van der Waals surface area contributed by atoms with Gasteiger partial charge in [-0.25, -0.2) is 0 Å².